The highest BCUT2D eigenvalue weighted by Crippen LogP contribution is 2.23. The number of nitrogens with zero attached hydrogens (tertiary/aromatic N) is 1. The number of thioether (sulfide) groups is 1. The second-order valence-electron chi connectivity index (χ2n) is 6.78. The maximum Gasteiger partial charge on any atom is 0.308 e. The van der Waals surface area contributed by atoms with Gasteiger partial charge in [-0.25, -0.2) is 0 Å². The molecule has 4 rings (SSSR count). The molecule has 0 atom stereocenters. The van der Waals surface area contributed by atoms with Gasteiger partial charge < -0.3 is 10.1 Å². The maximum atomic E-state index is 12.6. The minimum Gasteiger partial charge on any atom is -0.493 e. The number of carbonyl (C=O) groups is 1. The largest absolute Gasteiger partial charge is 0.493 e. The molecule has 4 aromatic rings. The van der Waals surface area contributed by atoms with Crippen molar-refractivity contribution in [2.75, 3.05) is 17.7 Å². The number of aromatic nitrogens is 1. The van der Waals surface area contributed by atoms with Crippen LogP contribution in [0.4, 0.5) is 5.69 Å². The molecule has 1 aromatic heterocycles. The molecular formula is C24H22N2O3S2. The number of nitrogens with one attached hydrogen (secondary N) is 1. The molecule has 0 fully saturated rings. The van der Waals surface area contributed by atoms with E-state index >= 15 is 0 Å². The molecule has 7 heteroatoms. The zero-order valence-electron chi connectivity index (χ0n) is 17.0. The molecular weight excluding hydrogens is 428 g/mol. The summed E-state index contributed by atoms with van der Waals surface area (Å²) in [5.41, 5.74) is 2.10. The van der Waals surface area contributed by atoms with E-state index in [4.69, 9.17) is 4.74 Å². The van der Waals surface area contributed by atoms with Crippen LogP contribution in [0.25, 0.3) is 10.2 Å². The van der Waals surface area contributed by atoms with Gasteiger partial charge >= 0.3 is 4.87 Å². The second kappa shape index (κ2) is 9.85. The molecule has 0 unspecified atom stereocenters. The van der Waals surface area contributed by atoms with Gasteiger partial charge in [0.05, 0.1) is 16.8 Å². The molecule has 1 amide bonds. The van der Waals surface area contributed by atoms with Crippen LogP contribution in [0.2, 0.25) is 0 Å². The topological polar surface area (TPSA) is 60.3 Å². The van der Waals surface area contributed by atoms with E-state index in [1.165, 1.54) is 16.2 Å². The van der Waals surface area contributed by atoms with Crippen LogP contribution in [0.15, 0.2) is 82.5 Å². The molecule has 1 N–H and O–H groups in total. The van der Waals surface area contributed by atoms with Gasteiger partial charge in [-0.3, -0.25) is 14.2 Å². The van der Waals surface area contributed by atoms with Gasteiger partial charge in [0.1, 0.15) is 5.75 Å². The highest BCUT2D eigenvalue weighted by molar-refractivity contribution is 7.99. The molecule has 0 radical (unpaired) electrons. The van der Waals surface area contributed by atoms with Crippen LogP contribution < -0.4 is 14.9 Å². The van der Waals surface area contributed by atoms with Crippen LogP contribution in [0.3, 0.4) is 0 Å². The molecule has 0 aliphatic heterocycles. The van der Waals surface area contributed by atoms with Crippen molar-refractivity contribution < 1.29 is 9.53 Å². The first-order valence-corrected chi connectivity index (χ1v) is 11.8. The maximum absolute atomic E-state index is 12.6. The average Bonchev–Trinajstić information content (AvgIpc) is 3.12. The molecule has 0 aliphatic rings. The Hall–Kier alpha value is -3.03. The summed E-state index contributed by atoms with van der Waals surface area (Å²) in [6, 6.07) is 22.8. The predicted molar refractivity (Wildman–Crippen MR) is 129 cm³/mol. The molecule has 0 saturated carbocycles. The molecule has 31 heavy (non-hydrogen) atoms. The average molecular weight is 451 g/mol. The van der Waals surface area contributed by atoms with Crippen LogP contribution in [0.1, 0.15) is 17.3 Å². The van der Waals surface area contributed by atoms with Gasteiger partial charge in [-0.1, -0.05) is 29.5 Å². The van der Waals surface area contributed by atoms with Gasteiger partial charge in [0.2, 0.25) is 0 Å². The third kappa shape index (κ3) is 5.18. The SMILES string of the molecule is CCn1c(=O)sc2cc(NC(=O)c3ccc(OCCSc4ccccc4)cc3)ccc21. The molecule has 158 valence electrons. The van der Waals surface area contributed by atoms with Crippen molar-refractivity contribution in [2.24, 2.45) is 0 Å². The third-order valence-electron chi connectivity index (χ3n) is 4.72. The summed E-state index contributed by atoms with van der Waals surface area (Å²) in [5, 5.41) is 2.90. The lowest BCUT2D eigenvalue weighted by Gasteiger charge is -2.08. The highest BCUT2D eigenvalue weighted by atomic mass is 32.2. The highest BCUT2D eigenvalue weighted by Gasteiger charge is 2.10. The summed E-state index contributed by atoms with van der Waals surface area (Å²) < 4.78 is 8.36. The quantitative estimate of drug-likeness (QED) is 0.284. The Morgan fingerprint density at radius 3 is 2.58 bits per heavy atom. The van der Waals surface area contributed by atoms with Crippen molar-refractivity contribution >= 4 is 44.9 Å². The standard InChI is InChI=1S/C24H22N2O3S2/c1-2-26-21-13-10-18(16-22(21)31-24(26)28)25-23(27)17-8-11-19(12-9-17)29-14-15-30-20-6-4-3-5-7-20/h3-13,16H,2,14-15H2,1H3,(H,25,27). The predicted octanol–water partition coefficient (Wildman–Crippen LogP) is 5.51. The summed E-state index contributed by atoms with van der Waals surface area (Å²) >= 11 is 2.93. The molecule has 0 bridgehead atoms. The van der Waals surface area contributed by atoms with Gasteiger partial charge in [-0.15, -0.1) is 11.8 Å². The normalized spacial score (nSPS) is 10.9. The van der Waals surface area contributed by atoms with Gasteiger partial charge in [0.15, 0.2) is 0 Å². The minimum absolute atomic E-state index is 0.0127. The summed E-state index contributed by atoms with van der Waals surface area (Å²) in [6.45, 7) is 3.16. The van der Waals surface area contributed by atoms with E-state index in [2.05, 4.69) is 17.4 Å². The fraction of sp³-hybridized carbons (Fsp3) is 0.167. The molecule has 5 nitrogen and oxygen atoms in total. The van der Waals surface area contributed by atoms with Crippen LogP contribution >= 0.6 is 23.1 Å². The van der Waals surface area contributed by atoms with E-state index in [0.29, 0.717) is 24.4 Å². The van der Waals surface area contributed by atoms with Crippen LogP contribution in [0, 0.1) is 0 Å². The number of fused-ring (bicyclic) bond motifs is 1. The first-order valence-electron chi connectivity index (χ1n) is 9.99. The number of hydrogen-bond acceptors (Lipinski definition) is 5. The van der Waals surface area contributed by atoms with Crippen molar-refractivity contribution in [3.8, 4) is 5.75 Å². The van der Waals surface area contributed by atoms with Crippen molar-refractivity contribution in [3.63, 3.8) is 0 Å². The van der Waals surface area contributed by atoms with E-state index in [1.807, 2.05) is 43.3 Å². The number of ether oxygens (including phenoxy) is 1. The molecule has 1 heterocycles. The Morgan fingerprint density at radius 1 is 1.06 bits per heavy atom. The molecule has 0 saturated heterocycles. The number of amides is 1. The Labute approximate surface area is 188 Å². The van der Waals surface area contributed by atoms with E-state index in [0.717, 1.165) is 21.7 Å². The van der Waals surface area contributed by atoms with Crippen molar-refractivity contribution in [2.45, 2.75) is 18.4 Å². The van der Waals surface area contributed by atoms with Crippen LogP contribution in [-0.4, -0.2) is 22.8 Å². The first kappa shape index (κ1) is 21.2. The smallest absolute Gasteiger partial charge is 0.308 e. The lowest BCUT2D eigenvalue weighted by molar-refractivity contribution is 0.102. The zero-order chi connectivity index (χ0) is 21.6. The van der Waals surface area contributed by atoms with Crippen molar-refractivity contribution in [1.82, 2.24) is 4.57 Å². The van der Waals surface area contributed by atoms with Crippen molar-refractivity contribution in [1.29, 1.82) is 0 Å². The Balaban J connectivity index is 1.33. The van der Waals surface area contributed by atoms with Crippen molar-refractivity contribution in [3.05, 3.63) is 88.0 Å². The van der Waals surface area contributed by atoms with Crippen LogP contribution in [0.5, 0.6) is 5.75 Å². The zero-order valence-corrected chi connectivity index (χ0v) is 18.7. The lowest BCUT2D eigenvalue weighted by atomic mass is 10.2. The number of rotatable bonds is 8. The fourth-order valence-electron chi connectivity index (χ4n) is 3.19. The van der Waals surface area contributed by atoms with E-state index in [-0.39, 0.29) is 10.8 Å². The Kier molecular flexibility index (Phi) is 6.74. The number of hydrogen-bond donors (Lipinski definition) is 1. The molecule has 0 aliphatic carbocycles. The van der Waals surface area contributed by atoms with E-state index < -0.39 is 0 Å². The number of thiazole rings is 1. The van der Waals surface area contributed by atoms with E-state index in [9.17, 15) is 9.59 Å². The Bertz CT molecular complexity index is 1230. The second-order valence-corrected chi connectivity index (χ2v) is 8.94. The summed E-state index contributed by atoms with van der Waals surface area (Å²) in [5.74, 6) is 1.38. The van der Waals surface area contributed by atoms with Gasteiger partial charge in [0.25, 0.3) is 5.91 Å². The summed E-state index contributed by atoms with van der Waals surface area (Å²) in [6.07, 6.45) is 0. The molecule has 3 aromatic carbocycles. The number of benzene rings is 3. The fourth-order valence-corrected chi connectivity index (χ4v) is 4.93. The van der Waals surface area contributed by atoms with Gasteiger partial charge in [0, 0.05) is 28.4 Å². The summed E-state index contributed by atoms with van der Waals surface area (Å²) in [4.78, 5) is 25.8. The number of carbonyl (C=O) groups excluding carboxylic acids is 1. The number of aryl methyl sites for hydroxylation is 1. The van der Waals surface area contributed by atoms with Crippen LogP contribution in [-0.2, 0) is 6.54 Å². The minimum atomic E-state index is -0.201. The lowest BCUT2D eigenvalue weighted by Crippen LogP contribution is -2.12. The third-order valence-corrected chi connectivity index (χ3v) is 6.64. The van der Waals surface area contributed by atoms with E-state index in [1.54, 1.807) is 40.6 Å². The molecule has 0 spiro atoms. The monoisotopic (exact) mass is 450 g/mol. The Morgan fingerprint density at radius 2 is 1.84 bits per heavy atom. The summed E-state index contributed by atoms with van der Waals surface area (Å²) in [7, 11) is 0. The first-order chi connectivity index (χ1) is 15.1. The van der Waals surface area contributed by atoms with Gasteiger partial charge in [-0.2, -0.15) is 0 Å². The number of anilines is 1. The van der Waals surface area contributed by atoms with Gasteiger partial charge in [-0.05, 0) is 61.5 Å².